The Labute approximate surface area is 128 Å². The molecule has 96 valence electrons. The van der Waals surface area contributed by atoms with E-state index in [4.69, 9.17) is 0 Å². The van der Waals surface area contributed by atoms with Gasteiger partial charge in [0.25, 0.3) is 0 Å². The number of hydrogen-bond donors (Lipinski definition) is 0. The van der Waals surface area contributed by atoms with Crippen LogP contribution in [0, 0.1) is 12.2 Å². The molecular weight excluding hydrogens is 371 g/mol. The Morgan fingerprint density at radius 1 is 0.706 bits per heavy atom. The van der Waals surface area contributed by atoms with Crippen LogP contribution in [0.5, 0.6) is 0 Å². The van der Waals surface area contributed by atoms with Crippen molar-refractivity contribution in [2.45, 2.75) is 54.4 Å². The average molecular weight is 395 g/mol. The fourth-order valence-corrected chi connectivity index (χ4v) is 1.70. The summed E-state index contributed by atoms with van der Waals surface area (Å²) in [5, 5.41) is 0. The van der Waals surface area contributed by atoms with Gasteiger partial charge in [-0.1, -0.05) is 27.7 Å². The third-order valence-electron chi connectivity index (χ3n) is 3.64. The molecule has 0 fully saturated rings. The first-order valence-corrected chi connectivity index (χ1v) is 5.91. The summed E-state index contributed by atoms with van der Waals surface area (Å²) >= 11 is 0. The van der Waals surface area contributed by atoms with Crippen LogP contribution >= 0.6 is 0 Å². The normalized spacial score (nSPS) is 18.5. The second-order valence-corrected chi connectivity index (χ2v) is 4.77. The summed E-state index contributed by atoms with van der Waals surface area (Å²) in [5.41, 5.74) is 8.49. The van der Waals surface area contributed by atoms with Crippen molar-refractivity contribution in [2.24, 2.45) is 0 Å². The second-order valence-electron chi connectivity index (χ2n) is 4.77. The van der Waals surface area contributed by atoms with E-state index < -0.39 is 0 Å². The number of allylic oxidation sites excluding steroid dienone is 8. The van der Waals surface area contributed by atoms with Crippen LogP contribution in [-0.4, -0.2) is 0 Å². The second kappa shape index (κ2) is 7.31. The van der Waals surface area contributed by atoms with Crippen molar-refractivity contribution in [2.75, 3.05) is 0 Å². The molecule has 0 nitrogen and oxygen atoms in total. The van der Waals surface area contributed by atoms with E-state index >= 15 is 0 Å². The van der Waals surface area contributed by atoms with Crippen molar-refractivity contribution < 1.29 is 28.7 Å². The predicted octanol–water partition coefficient (Wildman–Crippen LogP) is 5.17. The minimum absolute atomic E-state index is 0. The van der Waals surface area contributed by atoms with Crippen LogP contribution in [0.25, 0.3) is 0 Å². The molecule has 0 aromatic heterocycles. The molecule has 2 aliphatic rings. The molecule has 0 saturated carbocycles. The van der Waals surface area contributed by atoms with E-state index in [9.17, 15) is 0 Å². The van der Waals surface area contributed by atoms with E-state index in [0.717, 1.165) is 12.8 Å². The van der Waals surface area contributed by atoms with Crippen LogP contribution in [0.2, 0.25) is 0 Å². The molecule has 0 atom stereocenters. The summed E-state index contributed by atoms with van der Waals surface area (Å²) in [6.45, 7) is 12.9. The van der Waals surface area contributed by atoms with Gasteiger partial charge in [-0.05, 0) is 0 Å². The Morgan fingerprint density at radius 2 is 1.00 bits per heavy atom. The third-order valence-corrected chi connectivity index (χ3v) is 3.64. The topological polar surface area (TPSA) is 0 Å². The van der Waals surface area contributed by atoms with E-state index in [2.05, 4.69) is 53.7 Å². The Hall–Kier alpha value is -0.170. The number of hydrogen-bond acceptors (Lipinski definition) is 0. The molecule has 0 radical (unpaired) electrons. The van der Waals surface area contributed by atoms with Gasteiger partial charge in [-0.2, -0.15) is 22.3 Å². The molecule has 2 aliphatic carbocycles. The van der Waals surface area contributed by atoms with Crippen molar-refractivity contribution in [3.8, 4) is 0 Å². The Morgan fingerprint density at radius 3 is 1.06 bits per heavy atom. The molecule has 0 aromatic carbocycles. The van der Waals surface area contributed by atoms with Crippen molar-refractivity contribution in [3.63, 3.8) is 0 Å². The molecule has 0 heterocycles. The molecule has 0 aromatic rings. The largest absolute Gasteiger partial charge is 1.00 e. The molecular formula is C16H24Hf-4. The summed E-state index contributed by atoms with van der Waals surface area (Å²) in [4.78, 5) is 0. The first-order valence-electron chi connectivity index (χ1n) is 5.91. The Balaban J connectivity index is -0.000000233. The zero-order valence-corrected chi connectivity index (χ0v) is 15.5. The summed E-state index contributed by atoms with van der Waals surface area (Å²) < 4.78 is 0. The SMILES string of the molecule is CC1=[C-]CC(C)=C1C.CC1=[C-]CC(C)=C1C.[H-].[H-].[Hf]. The monoisotopic (exact) mass is 396 g/mol. The van der Waals surface area contributed by atoms with Gasteiger partial charge in [-0.15, -0.1) is 26.7 Å². The summed E-state index contributed by atoms with van der Waals surface area (Å²) in [5.74, 6) is 0. The van der Waals surface area contributed by atoms with Gasteiger partial charge in [0, 0.05) is 25.8 Å². The minimum atomic E-state index is 0. The van der Waals surface area contributed by atoms with Crippen LogP contribution in [-0.2, 0) is 25.8 Å². The molecule has 1 heteroatoms. The molecule has 0 aliphatic heterocycles. The number of rotatable bonds is 0. The van der Waals surface area contributed by atoms with Crippen molar-refractivity contribution in [1.82, 2.24) is 0 Å². The molecule has 0 spiro atoms. The fourth-order valence-electron chi connectivity index (χ4n) is 1.70. The van der Waals surface area contributed by atoms with E-state index in [1.54, 1.807) is 0 Å². The van der Waals surface area contributed by atoms with Gasteiger partial charge in [-0.25, -0.2) is 11.1 Å². The van der Waals surface area contributed by atoms with Crippen molar-refractivity contribution in [3.05, 3.63) is 45.6 Å². The fraction of sp³-hybridized carbons (Fsp3) is 0.500. The summed E-state index contributed by atoms with van der Waals surface area (Å²) in [6.07, 6.45) is 8.63. The van der Waals surface area contributed by atoms with Crippen LogP contribution in [0.3, 0.4) is 0 Å². The van der Waals surface area contributed by atoms with Crippen LogP contribution < -0.4 is 0 Å². The van der Waals surface area contributed by atoms with Gasteiger partial charge < -0.3 is 2.85 Å². The van der Waals surface area contributed by atoms with Gasteiger partial charge >= 0.3 is 0 Å². The standard InChI is InChI=1S/2C8H11.Hf.2H/c2*1-6-4-5-7(2)8(6)3;;;/h2*4H2,1-3H3;;;/q2*-1;;2*-1. The summed E-state index contributed by atoms with van der Waals surface area (Å²) in [7, 11) is 0. The molecule has 0 bridgehead atoms. The molecule has 17 heavy (non-hydrogen) atoms. The third kappa shape index (κ3) is 4.54. The molecule has 0 saturated heterocycles. The first-order chi connectivity index (χ1) is 7.43. The maximum atomic E-state index is 3.26. The van der Waals surface area contributed by atoms with Gasteiger partial charge in [-0.3, -0.25) is 12.2 Å². The molecule has 0 N–H and O–H groups in total. The average Bonchev–Trinajstić information content (AvgIpc) is 2.70. The van der Waals surface area contributed by atoms with E-state index in [1.807, 2.05) is 0 Å². The Kier molecular flexibility index (Phi) is 7.23. The maximum Gasteiger partial charge on any atom is 0 e. The van der Waals surface area contributed by atoms with E-state index in [-0.39, 0.29) is 28.7 Å². The first kappa shape index (κ1) is 16.8. The van der Waals surface area contributed by atoms with Crippen molar-refractivity contribution >= 4 is 0 Å². The van der Waals surface area contributed by atoms with Gasteiger partial charge in [0.1, 0.15) is 0 Å². The zero-order chi connectivity index (χ0) is 12.3. The molecule has 2 rings (SSSR count). The van der Waals surface area contributed by atoms with Crippen LogP contribution in [0.1, 0.15) is 57.2 Å². The van der Waals surface area contributed by atoms with Gasteiger partial charge in [0.2, 0.25) is 0 Å². The Bertz CT molecular complexity index is 361. The molecule has 0 unspecified atom stereocenters. The van der Waals surface area contributed by atoms with E-state index in [0.29, 0.717) is 0 Å². The van der Waals surface area contributed by atoms with E-state index in [1.165, 1.54) is 33.4 Å². The van der Waals surface area contributed by atoms with Crippen LogP contribution in [0.15, 0.2) is 33.4 Å². The maximum absolute atomic E-state index is 3.26. The van der Waals surface area contributed by atoms with Crippen molar-refractivity contribution in [1.29, 1.82) is 0 Å². The van der Waals surface area contributed by atoms with Gasteiger partial charge in [0.05, 0.1) is 0 Å². The summed E-state index contributed by atoms with van der Waals surface area (Å²) in [6, 6.07) is 0. The molecule has 0 amide bonds. The van der Waals surface area contributed by atoms with Gasteiger partial charge in [0.15, 0.2) is 0 Å². The smallest absolute Gasteiger partial charge is 0 e. The minimum Gasteiger partial charge on any atom is -1.00 e. The predicted molar refractivity (Wildman–Crippen MR) is 73.1 cm³/mol. The van der Waals surface area contributed by atoms with Crippen LogP contribution in [0.4, 0.5) is 0 Å². The zero-order valence-electron chi connectivity index (χ0n) is 13.9. The quantitative estimate of drug-likeness (QED) is 0.392.